The van der Waals surface area contributed by atoms with Gasteiger partial charge in [-0.25, -0.2) is 0 Å². The number of benzene rings is 1. The normalized spacial score (nSPS) is 31.2. The van der Waals surface area contributed by atoms with Gasteiger partial charge in [0.05, 0.1) is 5.71 Å². The fourth-order valence-corrected chi connectivity index (χ4v) is 2.95. The van der Waals surface area contributed by atoms with Crippen LogP contribution in [0.25, 0.3) is 0 Å². The van der Waals surface area contributed by atoms with E-state index in [1.165, 1.54) is 11.1 Å². The first-order chi connectivity index (χ1) is 8.31. The second-order valence-electron chi connectivity index (χ2n) is 5.04. The molecule has 90 valence electrons. The number of aryl methyl sites for hydroxylation is 1. The third-order valence-corrected chi connectivity index (χ3v) is 3.94. The van der Waals surface area contributed by atoms with E-state index in [0.717, 1.165) is 30.6 Å². The summed E-state index contributed by atoms with van der Waals surface area (Å²) in [4.78, 5) is 5.02. The van der Waals surface area contributed by atoms with Gasteiger partial charge in [0.15, 0.2) is 0 Å². The van der Waals surface area contributed by atoms with Crippen molar-refractivity contribution in [3.8, 4) is 0 Å². The van der Waals surface area contributed by atoms with Crippen molar-refractivity contribution >= 4 is 5.71 Å². The summed E-state index contributed by atoms with van der Waals surface area (Å²) in [5.74, 6) is 2.13. The molecule has 0 amide bonds. The average Bonchev–Trinajstić information content (AvgIpc) is 2.80. The molecule has 1 aromatic carbocycles. The van der Waals surface area contributed by atoms with Crippen molar-refractivity contribution in [1.29, 1.82) is 0 Å². The van der Waals surface area contributed by atoms with E-state index in [-0.39, 0.29) is 0 Å². The number of piperidine rings is 1. The highest BCUT2D eigenvalue weighted by molar-refractivity contribution is 6.04. The van der Waals surface area contributed by atoms with E-state index in [4.69, 9.17) is 4.84 Å². The Bertz CT molecular complexity index is 428. The summed E-state index contributed by atoms with van der Waals surface area (Å²) in [6.45, 7) is 4.36. The van der Waals surface area contributed by atoms with Gasteiger partial charge < -0.3 is 10.2 Å². The maximum atomic E-state index is 5.02. The first-order valence-corrected chi connectivity index (χ1v) is 6.20. The lowest BCUT2D eigenvalue weighted by Gasteiger charge is -2.08. The monoisotopic (exact) mass is 230 g/mol. The smallest absolute Gasteiger partial charge is 0.106 e. The van der Waals surface area contributed by atoms with Gasteiger partial charge in [0.2, 0.25) is 0 Å². The Hall–Kier alpha value is -1.35. The number of hydrogen-bond donors (Lipinski definition) is 1. The average molecular weight is 230 g/mol. The highest BCUT2D eigenvalue weighted by atomic mass is 16.6. The van der Waals surface area contributed by atoms with Crippen LogP contribution in [0.2, 0.25) is 0 Å². The van der Waals surface area contributed by atoms with Crippen LogP contribution in [-0.2, 0) is 4.84 Å². The van der Waals surface area contributed by atoms with Gasteiger partial charge in [-0.2, -0.15) is 0 Å². The fourth-order valence-electron chi connectivity index (χ4n) is 2.95. The summed E-state index contributed by atoms with van der Waals surface area (Å²) >= 11 is 0. The zero-order valence-electron chi connectivity index (χ0n) is 10.3. The summed E-state index contributed by atoms with van der Waals surface area (Å²) in [5.41, 5.74) is 3.61. The fraction of sp³-hybridized carbons (Fsp3) is 0.500. The maximum absolute atomic E-state index is 5.02. The van der Waals surface area contributed by atoms with Crippen molar-refractivity contribution in [2.45, 2.75) is 6.92 Å². The number of hydrogen-bond acceptors (Lipinski definition) is 3. The number of rotatable bonds is 3. The largest absolute Gasteiger partial charge is 0.399 e. The Morgan fingerprint density at radius 2 is 1.88 bits per heavy atom. The molecule has 2 atom stereocenters. The molecule has 1 heterocycles. The molecule has 3 nitrogen and oxygen atoms in total. The lowest BCUT2D eigenvalue weighted by molar-refractivity contribution is 0.212. The van der Waals surface area contributed by atoms with E-state index in [2.05, 4.69) is 41.7 Å². The number of fused-ring (bicyclic) bond motifs is 1. The highest BCUT2D eigenvalue weighted by Gasteiger charge is 2.55. The van der Waals surface area contributed by atoms with E-state index >= 15 is 0 Å². The maximum Gasteiger partial charge on any atom is 0.106 e. The molecule has 0 bridgehead atoms. The highest BCUT2D eigenvalue weighted by Crippen LogP contribution is 2.50. The molecule has 0 spiro atoms. The molecule has 1 saturated heterocycles. The van der Waals surface area contributed by atoms with Gasteiger partial charge in [-0.3, -0.25) is 0 Å². The predicted molar refractivity (Wildman–Crippen MR) is 68.1 cm³/mol. The van der Waals surface area contributed by atoms with E-state index < -0.39 is 0 Å². The second-order valence-corrected chi connectivity index (χ2v) is 5.04. The third kappa shape index (κ3) is 1.84. The summed E-state index contributed by atoms with van der Waals surface area (Å²) in [6.07, 6.45) is 0. The molecular formula is C14H18N2O. The minimum Gasteiger partial charge on any atom is -0.399 e. The summed E-state index contributed by atoms with van der Waals surface area (Å²) in [5, 5.41) is 7.67. The van der Waals surface area contributed by atoms with E-state index in [0.29, 0.717) is 5.92 Å². The van der Waals surface area contributed by atoms with Gasteiger partial charge >= 0.3 is 0 Å². The molecule has 1 aliphatic heterocycles. The molecule has 3 rings (SSSR count). The minimum atomic E-state index is 0.596. The minimum absolute atomic E-state index is 0.596. The van der Waals surface area contributed by atoms with Crippen LogP contribution in [0.4, 0.5) is 0 Å². The van der Waals surface area contributed by atoms with Crippen molar-refractivity contribution < 1.29 is 4.84 Å². The molecule has 1 saturated carbocycles. The zero-order chi connectivity index (χ0) is 11.8. The van der Waals surface area contributed by atoms with Crippen molar-refractivity contribution in [3.05, 3.63) is 35.4 Å². The summed E-state index contributed by atoms with van der Waals surface area (Å²) < 4.78 is 0. The number of oxime groups is 1. The molecule has 2 unspecified atom stereocenters. The van der Waals surface area contributed by atoms with Crippen LogP contribution in [0, 0.1) is 24.7 Å². The van der Waals surface area contributed by atoms with E-state index in [1.807, 2.05) is 0 Å². The van der Waals surface area contributed by atoms with Crippen molar-refractivity contribution in [3.63, 3.8) is 0 Å². The van der Waals surface area contributed by atoms with Crippen LogP contribution >= 0.6 is 0 Å². The zero-order valence-corrected chi connectivity index (χ0v) is 10.3. The molecule has 2 aliphatic rings. The molecule has 1 N–H and O–H groups in total. The van der Waals surface area contributed by atoms with Crippen LogP contribution in [0.5, 0.6) is 0 Å². The SMILES string of the molecule is CON=C(c1ccc(C)cc1)C1C2CNCC21. The van der Waals surface area contributed by atoms with E-state index in [9.17, 15) is 0 Å². The van der Waals surface area contributed by atoms with E-state index in [1.54, 1.807) is 7.11 Å². The number of nitrogens with one attached hydrogen (secondary N) is 1. The van der Waals surface area contributed by atoms with Crippen LogP contribution in [0.15, 0.2) is 29.4 Å². The summed E-state index contributed by atoms with van der Waals surface area (Å²) in [6, 6.07) is 8.57. The van der Waals surface area contributed by atoms with Gasteiger partial charge in [0.25, 0.3) is 0 Å². The van der Waals surface area contributed by atoms with Gasteiger partial charge in [-0.1, -0.05) is 35.0 Å². The first kappa shape index (κ1) is 10.8. The molecular weight excluding hydrogens is 212 g/mol. The summed E-state index contributed by atoms with van der Waals surface area (Å²) in [7, 11) is 1.63. The molecule has 0 radical (unpaired) electrons. The van der Waals surface area contributed by atoms with Crippen molar-refractivity contribution in [2.24, 2.45) is 22.9 Å². The van der Waals surface area contributed by atoms with Crippen LogP contribution in [-0.4, -0.2) is 25.9 Å². The Labute approximate surface area is 102 Å². The second kappa shape index (κ2) is 4.15. The topological polar surface area (TPSA) is 33.6 Å². The molecule has 1 aliphatic carbocycles. The van der Waals surface area contributed by atoms with Gasteiger partial charge in [0, 0.05) is 5.92 Å². The Morgan fingerprint density at radius 3 is 2.47 bits per heavy atom. The Kier molecular flexibility index (Phi) is 2.63. The first-order valence-electron chi connectivity index (χ1n) is 6.20. The lowest BCUT2D eigenvalue weighted by atomic mass is 10.0. The molecule has 0 aromatic heterocycles. The van der Waals surface area contributed by atoms with Crippen LogP contribution < -0.4 is 5.32 Å². The Balaban J connectivity index is 1.86. The molecule has 1 aromatic rings. The molecule has 3 heteroatoms. The molecule has 2 fully saturated rings. The van der Waals surface area contributed by atoms with Crippen LogP contribution in [0.3, 0.4) is 0 Å². The van der Waals surface area contributed by atoms with Gasteiger partial charge in [0.1, 0.15) is 7.11 Å². The van der Waals surface area contributed by atoms with Crippen LogP contribution in [0.1, 0.15) is 11.1 Å². The quantitative estimate of drug-likeness (QED) is 0.634. The standard InChI is InChI=1S/C14H18N2O/c1-9-3-5-10(6-4-9)14(16-17-2)13-11-7-15-8-12(11)13/h3-6,11-13,15H,7-8H2,1-2H3. The number of nitrogens with zero attached hydrogens (tertiary/aromatic N) is 1. The Morgan fingerprint density at radius 1 is 1.24 bits per heavy atom. The van der Waals surface area contributed by atoms with Gasteiger partial charge in [-0.15, -0.1) is 0 Å². The van der Waals surface area contributed by atoms with Gasteiger partial charge in [-0.05, 0) is 37.4 Å². The van der Waals surface area contributed by atoms with Crippen molar-refractivity contribution in [1.82, 2.24) is 5.32 Å². The molecule has 17 heavy (non-hydrogen) atoms. The predicted octanol–water partition coefficient (Wildman–Crippen LogP) is 1.81. The van der Waals surface area contributed by atoms with Crippen molar-refractivity contribution in [2.75, 3.05) is 20.2 Å². The third-order valence-electron chi connectivity index (χ3n) is 3.94. The lowest BCUT2D eigenvalue weighted by Crippen LogP contribution is -2.19.